The molecule has 0 saturated carbocycles. The highest BCUT2D eigenvalue weighted by molar-refractivity contribution is 5.89. The summed E-state index contributed by atoms with van der Waals surface area (Å²) in [5, 5.41) is 18.6. The molecular formula is C21H20FN5O2. The third kappa shape index (κ3) is 5.32. The van der Waals surface area contributed by atoms with Crippen LogP contribution in [0.15, 0.2) is 48.5 Å². The second-order valence-electron chi connectivity index (χ2n) is 6.10. The highest BCUT2D eigenvalue weighted by Gasteiger charge is 2.08. The van der Waals surface area contributed by atoms with Crippen LogP contribution in [0.2, 0.25) is 0 Å². The van der Waals surface area contributed by atoms with Crippen molar-refractivity contribution < 1.29 is 13.9 Å². The van der Waals surface area contributed by atoms with Gasteiger partial charge in [0.15, 0.2) is 0 Å². The maximum atomic E-state index is 12.9. The van der Waals surface area contributed by atoms with E-state index in [1.807, 2.05) is 25.1 Å². The number of halogens is 1. The molecule has 0 atom stereocenters. The summed E-state index contributed by atoms with van der Waals surface area (Å²) in [4.78, 5) is 16.4. The lowest BCUT2D eigenvalue weighted by Crippen LogP contribution is -2.32. The standard InChI is InChI=1S/C21H20FN5O2/c1-2-29-18-7-8-19-14(12-18)11-15(13-23)20(27-19)24-9-10-25-21(28)26-17-5-3-16(22)4-6-17/h3-8,11-12H,2,9-10H2,1H3,(H,24,27)(H2,25,26,28). The van der Waals surface area contributed by atoms with Crippen molar-refractivity contribution in [1.82, 2.24) is 10.3 Å². The molecular weight excluding hydrogens is 373 g/mol. The third-order valence-electron chi connectivity index (χ3n) is 4.02. The van der Waals surface area contributed by atoms with E-state index in [4.69, 9.17) is 4.74 Å². The predicted octanol–water partition coefficient (Wildman–Crippen LogP) is 3.88. The summed E-state index contributed by atoms with van der Waals surface area (Å²) in [7, 11) is 0. The van der Waals surface area contributed by atoms with E-state index in [1.54, 1.807) is 6.07 Å². The highest BCUT2D eigenvalue weighted by Crippen LogP contribution is 2.24. The van der Waals surface area contributed by atoms with Crippen molar-refractivity contribution in [1.29, 1.82) is 5.26 Å². The molecule has 0 radical (unpaired) electrons. The average molecular weight is 393 g/mol. The normalized spacial score (nSPS) is 10.2. The van der Waals surface area contributed by atoms with Gasteiger partial charge in [0.25, 0.3) is 0 Å². The van der Waals surface area contributed by atoms with E-state index in [9.17, 15) is 14.4 Å². The molecule has 29 heavy (non-hydrogen) atoms. The zero-order valence-corrected chi connectivity index (χ0v) is 15.8. The fraction of sp³-hybridized carbons (Fsp3) is 0.190. The molecule has 0 aliphatic heterocycles. The van der Waals surface area contributed by atoms with Crippen molar-refractivity contribution in [3.05, 3.63) is 59.9 Å². The molecule has 0 saturated heterocycles. The van der Waals surface area contributed by atoms with Crippen LogP contribution in [-0.2, 0) is 0 Å². The van der Waals surface area contributed by atoms with E-state index in [-0.39, 0.29) is 5.82 Å². The fourth-order valence-electron chi connectivity index (χ4n) is 2.70. The summed E-state index contributed by atoms with van der Waals surface area (Å²) in [5.41, 5.74) is 1.63. The molecule has 148 valence electrons. The Morgan fingerprint density at radius 1 is 1.17 bits per heavy atom. The van der Waals surface area contributed by atoms with Gasteiger partial charge >= 0.3 is 6.03 Å². The topological polar surface area (TPSA) is 99.1 Å². The minimum Gasteiger partial charge on any atom is -0.494 e. The number of hydrogen-bond donors (Lipinski definition) is 3. The number of nitriles is 1. The number of amides is 2. The second-order valence-corrected chi connectivity index (χ2v) is 6.10. The number of hydrogen-bond acceptors (Lipinski definition) is 5. The average Bonchev–Trinajstić information content (AvgIpc) is 2.72. The lowest BCUT2D eigenvalue weighted by atomic mass is 10.1. The van der Waals surface area contributed by atoms with Gasteiger partial charge < -0.3 is 20.7 Å². The van der Waals surface area contributed by atoms with Crippen LogP contribution in [-0.4, -0.2) is 30.7 Å². The molecule has 3 rings (SSSR count). The Kier molecular flexibility index (Phi) is 6.43. The van der Waals surface area contributed by atoms with Crippen molar-refractivity contribution in [3.63, 3.8) is 0 Å². The molecule has 0 fully saturated rings. The van der Waals surface area contributed by atoms with Crippen molar-refractivity contribution in [2.75, 3.05) is 30.3 Å². The monoisotopic (exact) mass is 393 g/mol. The van der Waals surface area contributed by atoms with Crippen LogP contribution in [0.3, 0.4) is 0 Å². The summed E-state index contributed by atoms with van der Waals surface area (Å²) in [6.45, 7) is 3.15. The molecule has 0 aliphatic rings. The molecule has 1 aromatic heterocycles. The quantitative estimate of drug-likeness (QED) is 0.529. The molecule has 0 aliphatic carbocycles. The van der Waals surface area contributed by atoms with Gasteiger partial charge in [-0.1, -0.05) is 0 Å². The number of nitrogens with zero attached hydrogens (tertiary/aromatic N) is 2. The number of pyridine rings is 1. The maximum Gasteiger partial charge on any atom is 0.319 e. The van der Waals surface area contributed by atoms with E-state index in [1.165, 1.54) is 24.3 Å². The number of carbonyl (C=O) groups excluding carboxylic acids is 1. The van der Waals surface area contributed by atoms with E-state index in [0.29, 0.717) is 36.8 Å². The van der Waals surface area contributed by atoms with Crippen LogP contribution in [0.25, 0.3) is 10.9 Å². The Balaban J connectivity index is 1.57. The van der Waals surface area contributed by atoms with Gasteiger partial charge in [0.2, 0.25) is 0 Å². The van der Waals surface area contributed by atoms with Gasteiger partial charge in [-0.3, -0.25) is 0 Å². The summed E-state index contributed by atoms with van der Waals surface area (Å²) >= 11 is 0. The summed E-state index contributed by atoms with van der Waals surface area (Å²) in [6.07, 6.45) is 0. The Morgan fingerprint density at radius 3 is 2.69 bits per heavy atom. The lowest BCUT2D eigenvalue weighted by Gasteiger charge is -2.11. The summed E-state index contributed by atoms with van der Waals surface area (Å²) in [5.74, 6) is 0.804. The van der Waals surface area contributed by atoms with E-state index >= 15 is 0 Å². The van der Waals surface area contributed by atoms with Crippen molar-refractivity contribution in [2.45, 2.75) is 6.92 Å². The van der Waals surface area contributed by atoms with Crippen molar-refractivity contribution in [2.24, 2.45) is 0 Å². The summed E-state index contributed by atoms with van der Waals surface area (Å²) in [6, 6.07) is 14.5. The number of rotatable bonds is 7. The first-order valence-electron chi connectivity index (χ1n) is 9.11. The number of nitrogens with one attached hydrogen (secondary N) is 3. The Bertz CT molecular complexity index is 1050. The fourth-order valence-corrected chi connectivity index (χ4v) is 2.70. The number of urea groups is 1. The van der Waals surface area contributed by atoms with Crippen molar-refractivity contribution in [3.8, 4) is 11.8 Å². The summed E-state index contributed by atoms with van der Waals surface area (Å²) < 4.78 is 18.4. The van der Waals surface area contributed by atoms with Gasteiger partial charge in [0.05, 0.1) is 17.7 Å². The smallest absolute Gasteiger partial charge is 0.319 e. The van der Waals surface area contributed by atoms with Gasteiger partial charge in [0.1, 0.15) is 23.5 Å². The molecule has 8 heteroatoms. The predicted molar refractivity (Wildman–Crippen MR) is 110 cm³/mol. The lowest BCUT2D eigenvalue weighted by molar-refractivity contribution is 0.252. The zero-order chi connectivity index (χ0) is 20.6. The van der Waals surface area contributed by atoms with E-state index < -0.39 is 6.03 Å². The van der Waals surface area contributed by atoms with Crippen LogP contribution in [0.1, 0.15) is 12.5 Å². The van der Waals surface area contributed by atoms with Crippen LogP contribution >= 0.6 is 0 Å². The SMILES string of the molecule is CCOc1ccc2nc(NCCNC(=O)Nc3ccc(F)cc3)c(C#N)cc2c1. The van der Waals surface area contributed by atoms with Gasteiger partial charge in [0, 0.05) is 24.2 Å². The van der Waals surface area contributed by atoms with Gasteiger partial charge in [-0.2, -0.15) is 5.26 Å². The van der Waals surface area contributed by atoms with Crippen LogP contribution in [0.4, 0.5) is 20.7 Å². The number of aromatic nitrogens is 1. The Morgan fingerprint density at radius 2 is 1.97 bits per heavy atom. The molecule has 2 amide bonds. The minimum atomic E-state index is -0.408. The highest BCUT2D eigenvalue weighted by atomic mass is 19.1. The van der Waals surface area contributed by atoms with Gasteiger partial charge in [-0.05, 0) is 55.5 Å². The second kappa shape index (κ2) is 9.37. The number of fused-ring (bicyclic) bond motifs is 1. The largest absolute Gasteiger partial charge is 0.494 e. The molecule has 2 aromatic carbocycles. The molecule has 3 N–H and O–H groups in total. The Labute approximate surface area is 167 Å². The number of ether oxygens (including phenoxy) is 1. The first-order valence-corrected chi connectivity index (χ1v) is 9.11. The van der Waals surface area contributed by atoms with E-state index in [2.05, 4.69) is 27.0 Å². The number of carbonyl (C=O) groups is 1. The number of anilines is 2. The van der Waals surface area contributed by atoms with Crippen LogP contribution in [0.5, 0.6) is 5.75 Å². The van der Waals surface area contributed by atoms with Gasteiger partial charge in [-0.25, -0.2) is 14.2 Å². The maximum absolute atomic E-state index is 12.9. The molecule has 0 bridgehead atoms. The minimum absolute atomic E-state index is 0.306. The molecule has 7 nitrogen and oxygen atoms in total. The molecule has 1 heterocycles. The zero-order valence-electron chi connectivity index (χ0n) is 15.8. The number of benzene rings is 2. The first kappa shape index (κ1) is 19.9. The molecule has 0 spiro atoms. The van der Waals surface area contributed by atoms with Crippen LogP contribution < -0.4 is 20.7 Å². The molecule has 3 aromatic rings. The van der Waals surface area contributed by atoms with Crippen LogP contribution in [0, 0.1) is 17.1 Å². The Hall–Kier alpha value is -3.86. The van der Waals surface area contributed by atoms with Crippen molar-refractivity contribution >= 4 is 28.4 Å². The first-order chi connectivity index (χ1) is 14.1. The van der Waals surface area contributed by atoms with E-state index in [0.717, 1.165) is 16.7 Å². The molecule has 0 unspecified atom stereocenters. The van der Waals surface area contributed by atoms with Gasteiger partial charge in [-0.15, -0.1) is 0 Å². The third-order valence-corrected chi connectivity index (χ3v) is 4.02.